The number of rotatable bonds is 3. The third-order valence-corrected chi connectivity index (χ3v) is 2.79. The number of esters is 1. The Balaban J connectivity index is 1.91. The van der Waals surface area contributed by atoms with Gasteiger partial charge in [-0.05, 0) is 5.56 Å². The second-order valence-electron chi connectivity index (χ2n) is 4.94. The maximum absolute atomic E-state index is 11.9. The Hall–Kier alpha value is -2.08. The first kappa shape index (κ1) is 14.3. The van der Waals surface area contributed by atoms with Gasteiger partial charge >= 0.3 is 12.1 Å². The first-order chi connectivity index (χ1) is 9.39. The Kier molecular flexibility index (Phi) is 3.94. The van der Waals surface area contributed by atoms with Gasteiger partial charge in [-0.2, -0.15) is 0 Å². The number of nitrogens with zero attached hydrogens (tertiary/aromatic N) is 1. The van der Waals surface area contributed by atoms with Gasteiger partial charge in [0.05, 0.1) is 0 Å². The van der Waals surface area contributed by atoms with E-state index in [-0.39, 0.29) is 6.61 Å². The second kappa shape index (κ2) is 5.50. The molecule has 1 aromatic carbocycles. The topological polar surface area (TPSA) is 65.1 Å². The normalized spacial score (nSPS) is 20.4. The zero-order valence-electron chi connectivity index (χ0n) is 11.7. The fourth-order valence-electron chi connectivity index (χ4n) is 1.79. The Morgan fingerprint density at radius 2 is 2.00 bits per heavy atom. The van der Waals surface area contributed by atoms with Crippen LogP contribution in [-0.4, -0.2) is 36.0 Å². The molecule has 0 unspecified atom stereocenters. The second-order valence-corrected chi connectivity index (χ2v) is 4.94. The molecule has 20 heavy (non-hydrogen) atoms. The smallest absolute Gasteiger partial charge is 0.412 e. The average Bonchev–Trinajstić information content (AvgIpc) is 2.69. The van der Waals surface area contributed by atoms with Crippen molar-refractivity contribution < 1.29 is 23.8 Å². The number of cyclic esters (lactones) is 1. The highest BCUT2D eigenvalue weighted by molar-refractivity contribution is 5.81. The number of hydrogen-bond acceptors (Lipinski definition) is 5. The number of ether oxygens (including phenoxy) is 3. The Bertz CT molecular complexity index is 500. The summed E-state index contributed by atoms with van der Waals surface area (Å²) >= 11 is 0. The molecule has 1 fully saturated rings. The van der Waals surface area contributed by atoms with E-state index < -0.39 is 24.1 Å². The van der Waals surface area contributed by atoms with Gasteiger partial charge in [0.2, 0.25) is 12.0 Å². The fraction of sp³-hybridized carbons (Fsp3) is 0.429. The number of likely N-dealkylation sites (N-methyl/N-ethyl adjacent to an activating group) is 1. The summed E-state index contributed by atoms with van der Waals surface area (Å²) in [5, 5.41) is 0. The van der Waals surface area contributed by atoms with Gasteiger partial charge in [0.1, 0.15) is 6.61 Å². The van der Waals surface area contributed by atoms with E-state index in [1.54, 1.807) is 13.8 Å². The molecule has 108 valence electrons. The van der Waals surface area contributed by atoms with Crippen molar-refractivity contribution in [2.45, 2.75) is 32.5 Å². The molecule has 6 heteroatoms. The molecule has 0 aliphatic carbocycles. The van der Waals surface area contributed by atoms with Crippen LogP contribution in [0.1, 0.15) is 19.4 Å². The molecular formula is C14H17NO5. The van der Waals surface area contributed by atoms with Gasteiger partial charge in [-0.25, -0.2) is 9.59 Å². The van der Waals surface area contributed by atoms with Crippen LogP contribution in [0.4, 0.5) is 4.79 Å². The molecule has 2 rings (SSSR count). The quantitative estimate of drug-likeness (QED) is 0.790. The van der Waals surface area contributed by atoms with Crippen molar-refractivity contribution in [1.82, 2.24) is 4.90 Å². The van der Waals surface area contributed by atoms with Crippen LogP contribution in [0.3, 0.4) is 0 Å². The van der Waals surface area contributed by atoms with E-state index in [9.17, 15) is 9.59 Å². The minimum Gasteiger partial charge on any atom is -0.444 e. The van der Waals surface area contributed by atoms with Crippen LogP contribution < -0.4 is 0 Å². The van der Waals surface area contributed by atoms with Crippen molar-refractivity contribution in [2.75, 3.05) is 7.05 Å². The molecule has 1 saturated heterocycles. The first-order valence-corrected chi connectivity index (χ1v) is 6.23. The molecule has 6 nitrogen and oxygen atoms in total. The van der Waals surface area contributed by atoms with Crippen LogP contribution in [-0.2, 0) is 25.6 Å². The van der Waals surface area contributed by atoms with Gasteiger partial charge in [-0.1, -0.05) is 30.3 Å². The van der Waals surface area contributed by atoms with Gasteiger partial charge in [0.25, 0.3) is 0 Å². The molecule has 0 N–H and O–H groups in total. The van der Waals surface area contributed by atoms with Crippen molar-refractivity contribution in [2.24, 2.45) is 0 Å². The Labute approximate surface area is 117 Å². The van der Waals surface area contributed by atoms with E-state index in [1.165, 1.54) is 7.05 Å². The SMILES string of the molecule is CN(C(=O)OCc1ccccc1)[C@@H]1OC(C)(C)OC1=O. The largest absolute Gasteiger partial charge is 0.444 e. The summed E-state index contributed by atoms with van der Waals surface area (Å²) in [6, 6.07) is 9.27. The molecule has 0 spiro atoms. The van der Waals surface area contributed by atoms with Crippen LogP contribution in [0.2, 0.25) is 0 Å². The molecule has 0 bridgehead atoms. The number of hydrogen-bond donors (Lipinski definition) is 0. The molecule has 1 aromatic rings. The molecule has 1 atom stereocenters. The summed E-state index contributed by atoms with van der Waals surface area (Å²) in [5.74, 6) is -1.63. The highest BCUT2D eigenvalue weighted by Gasteiger charge is 2.45. The Morgan fingerprint density at radius 3 is 2.55 bits per heavy atom. The minimum absolute atomic E-state index is 0.134. The number of benzene rings is 1. The van der Waals surface area contributed by atoms with Gasteiger partial charge in [0, 0.05) is 20.9 Å². The average molecular weight is 279 g/mol. The molecule has 0 aromatic heterocycles. The van der Waals surface area contributed by atoms with Crippen LogP contribution in [0.15, 0.2) is 30.3 Å². The predicted octanol–water partition coefficient (Wildman–Crippen LogP) is 1.89. The van der Waals surface area contributed by atoms with Gasteiger partial charge in [-0.15, -0.1) is 0 Å². The maximum atomic E-state index is 11.9. The van der Waals surface area contributed by atoms with Crippen molar-refractivity contribution >= 4 is 12.1 Å². The highest BCUT2D eigenvalue weighted by atomic mass is 16.8. The Morgan fingerprint density at radius 1 is 1.35 bits per heavy atom. The van der Waals surface area contributed by atoms with E-state index in [2.05, 4.69) is 0 Å². The zero-order chi connectivity index (χ0) is 14.8. The minimum atomic E-state index is -1.08. The number of carbonyl (C=O) groups is 2. The lowest BCUT2D eigenvalue weighted by atomic mass is 10.2. The highest BCUT2D eigenvalue weighted by Crippen LogP contribution is 2.25. The predicted molar refractivity (Wildman–Crippen MR) is 69.4 cm³/mol. The molecule has 1 amide bonds. The molecule has 1 aliphatic rings. The third kappa shape index (κ3) is 3.27. The zero-order valence-corrected chi connectivity index (χ0v) is 11.7. The van der Waals surface area contributed by atoms with Crippen molar-refractivity contribution in [3.05, 3.63) is 35.9 Å². The fourth-order valence-corrected chi connectivity index (χ4v) is 1.79. The van der Waals surface area contributed by atoms with E-state index in [1.807, 2.05) is 30.3 Å². The standard InChI is InChI=1S/C14H17NO5/c1-14(2)19-11(12(16)20-14)15(3)13(17)18-9-10-7-5-4-6-8-10/h4-8,11H,9H2,1-3H3/t11-/m1/s1. The molecular weight excluding hydrogens is 262 g/mol. The van der Waals surface area contributed by atoms with Gasteiger partial charge in [-0.3, -0.25) is 4.90 Å². The summed E-state index contributed by atoms with van der Waals surface area (Å²) in [6.07, 6.45) is -1.72. The molecule has 1 heterocycles. The lowest BCUT2D eigenvalue weighted by molar-refractivity contribution is -0.163. The van der Waals surface area contributed by atoms with Crippen molar-refractivity contribution in [3.63, 3.8) is 0 Å². The molecule has 0 saturated carbocycles. The summed E-state index contributed by atoms with van der Waals surface area (Å²) in [5.41, 5.74) is 0.865. The van der Waals surface area contributed by atoms with Crippen LogP contribution in [0, 0.1) is 0 Å². The molecule has 1 aliphatic heterocycles. The van der Waals surface area contributed by atoms with Crippen LogP contribution in [0.25, 0.3) is 0 Å². The summed E-state index contributed by atoms with van der Waals surface area (Å²) in [6.45, 7) is 3.34. The summed E-state index contributed by atoms with van der Waals surface area (Å²) < 4.78 is 15.5. The van der Waals surface area contributed by atoms with E-state index in [0.717, 1.165) is 10.5 Å². The van der Waals surface area contributed by atoms with E-state index in [4.69, 9.17) is 14.2 Å². The third-order valence-electron chi connectivity index (χ3n) is 2.79. The number of amides is 1. The number of carbonyl (C=O) groups excluding carboxylic acids is 2. The monoisotopic (exact) mass is 279 g/mol. The van der Waals surface area contributed by atoms with E-state index >= 15 is 0 Å². The maximum Gasteiger partial charge on any atom is 0.412 e. The summed E-state index contributed by atoms with van der Waals surface area (Å²) in [7, 11) is 1.43. The lowest BCUT2D eigenvalue weighted by Crippen LogP contribution is -2.41. The molecule has 0 radical (unpaired) electrons. The first-order valence-electron chi connectivity index (χ1n) is 6.23. The van der Waals surface area contributed by atoms with Crippen LogP contribution >= 0.6 is 0 Å². The van der Waals surface area contributed by atoms with E-state index in [0.29, 0.717) is 0 Å². The van der Waals surface area contributed by atoms with Gasteiger partial charge < -0.3 is 14.2 Å². The van der Waals surface area contributed by atoms with Crippen molar-refractivity contribution in [3.8, 4) is 0 Å². The summed E-state index contributed by atoms with van der Waals surface area (Å²) in [4.78, 5) is 24.6. The lowest BCUT2D eigenvalue weighted by Gasteiger charge is -2.21. The van der Waals surface area contributed by atoms with Crippen LogP contribution in [0.5, 0.6) is 0 Å². The van der Waals surface area contributed by atoms with Gasteiger partial charge in [0.15, 0.2) is 0 Å². The van der Waals surface area contributed by atoms with Crippen molar-refractivity contribution in [1.29, 1.82) is 0 Å².